The van der Waals surface area contributed by atoms with Crippen LogP contribution in [0.1, 0.15) is 123 Å². The summed E-state index contributed by atoms with van der Waals surface area (Å²) in [4.78, 5) is 5.10. The summed E-state index contributed by atoms with van der Waals surface area (Å²) in [5, 5.41) is 2.34. The summed E-state index contributed by atoms with van der Waals surface area (Å²) in [7, 11) is 0. The van der Waals surface area contributed by atoms with E-state index in [9.17, 15) is 0 Å². The molecule has 4 aliphatic carbocycles. The van der Waals surface area contributed by atoms with E-state index in [4.69, 9.17) is 9.72 Å². The average Bonchev–Trinajstić information content (AvgIpc) is 3.92. The van der Waals surface area contributed by atoms with Gasteiger partial charge in [0.05, 0.1) is 6.67 Å². The van der Waals surface area contributed by atoms with Crippen LogP contribution >= 0.6 is 0 Å². The Morgan fingerprint density at radius 1 is 0.620 bits per heavy atom. The Balaban J connectivity index is 0.00000517. The second-order valence-corrected chi connectivity index (χ2v) is 25.3. The van der Waals surface area contributed by atoms with Crippen molar-refractivity contribution in [3.8, 4) is 28.4 Å². The van der Waals surface area contributed by atoms with Gasteiger partial charge < -0.3 is 13.8 Å². The number of aromatic nitrogens is 2. The van der Waals surface area contributed by atoms with Crippen molar-refractivity contribution in [3.05, 3.63) is 175 Å². The first-order valence-corrected chi connectivity index (χ1v) is 26.1. The molecule has 71 heavy (non-hydrogen) atoms. The molecule has 2 atom stereocenters. The SMILES string of the molecule is CC(C)(C)c1cccc(-c2cccc3c2[N@@+]2(c4cc(C(C)(C)C)cc(C(C)(C)C)c4)[CH-][N@+]3(c3[c-]c(Oc4[c-]c5c(cc4)c4ccccc4n5-c4cc(C56CC7CC(CC(C7)C5)C6)ccn4)ccc3)C2)c1.[Pt]. The maximum absolute atomic E-state index is 6.89. The largest absolute Gasteiger partial charge is 0.509 e. The number of nitrogens with zero attached hydrogens (tertiary/aromatic N) is 4. The minimum atomic E-state index is -0.0171. The molecule has 364 valence electrons. The molecule has 5 fully saturated rings. The molecule has 6 bridgehead atoms. The standard InChI is InChI=1S/C65H67N4O.Pt/c1-62(2,3)46-16-12-15-45(30-46)54-20-14-22-59-61(54)69(51-32-48(63(4,5)6)31-49(33-51)64(7,8)9)40-68(59,41-69)50-17-13-18-52(35-50)70-53-23-24-56-55-19-10-11-21-57(55)67(58(56)36-53)60-34-47(25-26-66-60)65-37-42-27-43(38-65)29-44(28-42)39-65;/h10-26,30-34,40,42-44H,27-29,37-39,41H2,1-9H3;/q-1;/t42?,43?,44?,65?,68-,69+;/m1./s1. The molecule has 7 aliphatic rings. The third-order valence-corrected chi connectivity index (χ3v) is 17.4. The predicted molar refractivity (Wildman–Crippen MR) is 289 cm³/mol. The van der Waals surface area contributed by atoms with E-state index in [1.54, 1.807) is 0 Å². The van der Waals surface area contributed by atoms with Crippen LogP contribution in [-0.2, 0) is 42.7 Å². The van der Waals surface area contributed by atoms with Crippen molar-refractivity contribution in [2.45, 2.75) is 122 Å². The molecule has 1 saturated heterocycles. The van der Waals surface area contributed by atoms with Crippen LogP contribution < -0.4 is 13.7 Å². The molecule has 0 radical (unpaired) electrons. The van der Waals surface area contributed by atoms with Crippen molar-refractivity contribution in [2.75, 3.05) is 6.67 Å². The summed E-state index contributed by atoms with van der Waals surface area (Å²) in [6.45, 7) is 24.3. The van der Waals surface area contributed by atoms with E-state index in [0.717, 1.165) is 52.3 Å². The van der Waals surface area contributed by atoms with Crippen molar-refractivity contribution in [3.63, 3.8) is 0 Å². The van der Waals surface area contributed by atoms with Crippen LogP contribution in [0.3, 0.4) is 0 Å². The molecule has 0 amide bonds. The van der Waals surface area contributed by atoms with E-state index in [2.05, 4.69) is 213 Å². The van der Waals surface area contributed by atoms with Crippen molar-refractivity contribution in [1.82, 2.24) is 18.5 Å². The molecular formula is C65H67N4OPt-. The van der Waals surface area contributed by atoms with Crippen molar-refractivity contribution in [1.29, 1.82) is 0 Å². The van der Waals surface area contributed by atoms with Crippen LogP contribution in [0, 0.1) is 36.6 Å². The van der Waals surface area contributed by atoms with Gasteiger partial charge in [0.15, 0.2) is 18.0 Å². The first-order chi connectivity index (χ1) is 33.4. The molecule has 0 unspecified atom stereocenters. The molecule has 5 heterocycles. The van der Waals surface area contributed by atoms with E-state index in [0.29, 0.717) is 20.5 Å². The number of ether oxygens (including phenoxy) is 1. The Hall–Kier alpha value is -5.32. The number of quaternary nitrogens is 2. The topological polar surface area (TPSA) is 27.1 Å². The first kappa shape index (κ1) is 46.7. The van der Waals surface area contributed by atoms with E-state index in [-0.39, 0.29) is 42.7 Å². The van der Waals surface area contributed by atoms with Gasteiger partial charge in [0.25, 0.3) is 0 Å². The Morgan fingerprint density at radius 3 is 1.96 bits per heavy atom. The Morgan fingerprint density at radius 2 is 1.27 bits per heavy atom. The van der Waals surface area contributed by atoms with E-state index < -0.39 is 0 Å². The monoisotopic (exact) mass is 1110 g/mol. The molecule has 0 N–H and O–H groups in total. The summed E-state index contributed by atoms with van der Waals surface area (Å²) in [6, 6.07) is 55.4. The van der Waals surface area contributed by atoms with Crippen LogP contribution in [0.2, 0.25) is 0 Å². The van der Waals surface area contributed by atoms with Gasteiger partial charge in [0.2, 0.25) is 0 Å². The number of hydrogen-bond acceptors (Lipinski definition) is 2. The molecule has 6 aromatic carbocycles. The summed E-state index contributed by atoms with van der Waals surface area (Å²) in [6.07, 6.45) is 10.4. The number of benzene rings is 6. The van der Waals surface area contributed by atoms with Gasteiger partial charge in [0, 0.05) is 73.7 Å². The summed E-state index contributed by atoms with van der Waals surface area (Å²) in [5.74, 6) is 4.95. The number of fused-ring (bicyclic) bond motifs is 3. The smallest absolute Gasteiger partial charge is 0.187 e. The van der Waals surface area contributed by atoms with Gasteiger partial charge in [-0.3, -0.25) is 4.48 Å². The minimum Gasteiger partial charge on any atom is -0.509 e. The molecule has 5 nitrogen and oxygen atoms in total. The summed E-state index contributed by atoms with van der Waals surface area (Å²) in [5.41, 5.74) is 15.5. The maximum Gasteiger partial charge on any atom is 0.187 e. The zero-order chi connectivity index (χ0) is 48.2. The molecule has 3 aliphatic heterocycles. The van der Waals surface area contributed by atoms with Crippen LogP contribution in [-0.4, -0.2) is 16.2 Å². The van der Waals surface area contributed by atoms with Crippen LogP contribution in [0.4, 0.5) is 22.7 Å². The molecule has 8 aromatic rings. The van der Waals surface area contributed by atoms with Gasteiger partial charge in [-0.2, -0.15) is 12.1 Å². The Bertz CT molecular complexity index is 3360. The number of rotatable bonds is 7. The molecule has 0 spiro atoms. The Kier molecular flexibility index (Phi) is 10.6. The first-order valence-electron chi connectivity index (χ1n) is 26.1. The van der Waals surface area contributed by atoms with Crippen LogP contribution in [0.5, 0.6) is 11.5 Å². The minimum absolute atomic E-state index is 0. The summed E-state index contributed by atoms with van der Waals surface area (Å²) >= 11 is 0. The third kappa shape index (κ3) is 7.37. The molecule has 2 aromatic heterocycles. The number of pyridine rings is 1. The van der Waals surface area contributed by atoms with Gasteiger partial charge >= 0.3 is 0 Å². The van der Waals surface area contributed by atoms with Crippen molar-refractivity contribution >= 4 is 44.6 Å². The third-order valence-electron chi connectivity index (χ3n) is 17.4. The van der Waals surface area contributed by atoms with Gasteiger partial charge in [-0.1, -0.05) is 128 Å². The Labute approximate surface area is 436 Å². The maximum atomic E-state index is 6.89. The summed E-state index contributed by atoms with van der Waals surface area (Å²) < 4.78 is 10.4. The second kappa shape index (κ2) is 16.1. The van der Waals surface area contributed by atoms with E-state index >= 15 is 0 Å². The fourth-order valence-electron chi connectivity index (χ4n) is 14.2. The number of hydrogen-bond donors (Lipinski definition) is 0. The van der Waals surface area contributed by atoms with Gasteiger partial charge in [-0.15, -0.1) is 29.7 Å². The molecule has 6 heteroatoms. The van der Waals surface area contributed by atoms with Gasteiger partial charge in [0.1, 0.15) is 11.5 Å². The van der Waals surface area contributed by atoms with Crippen molar-refractivity contribution in [2.24, 2.45) is 17.8 Å². The fourth-order valence-corrected chi connectivity index (χ4v) is 14.2. The number of para-hydroxylation sites is 2. The van der Waals surface area contributed by atoms with Gasteiger partial charge in [-0.05, 0) is 135 Å². The normalized spacial score (nSPS) is 25.3. The average molecular weight is 1120 g/mol. The fraction of sp³-hybridized carbons (Fsp3) is 0.354. The van der Waals surface area contributed by atoms with Crippen LogP contribution in [0.15, 0.2) is 134 Å². The second-order valence-electron chi connectivity index (χ2n) is 25.3. The molecule has 4 saturated carbocycles. The van der Waals surface area contributed by atoms with Crippen LogP contribution in [0.25, 0.3) is 38.8 Å². The van der Waals surface area contributed by atoms with E-state index in [1.165, 1.54) is 94.4 Å². The molecule has 15 rings (SSSR count). The van der Waals surface area contributed by atoms with E-state index in [1.807, 2.05) is 6.07 Å². The van der Waals surface area contributed by atoms with Gasteiger partial charge in [-0.25, -0.2) is 4.98 Å². The van der Waals surface area contributed by atoms with Crippen molar-refractivity contribution < 1.29 is 25.8 Å². The molecular weight excluding hydrogens is 1050 g/mol. The zero-order valence-electron chi connectivity index (χ0n) is 43.0. The predicted octanol–water partition coefficient (Wildman–Crippen LogP) is 17.0. The zero-order valence-corrected chi connectivity index (χ0v) is 45.2. The quantitative estimate of drug-likeness (QED) is 0.117.